The van der Waals surface area contributed by atoms with Crippen molar-refractivity contribution in [2.75, 3.05) is 0 Å². The first-order chi connectivity index (χ1) is 11.3. The van der Waals surface area contributed by atoms with Gasteiger partial charge in [-0.2, -0.15) is 0 Å². The summed E-state index contributed by atoms with van der Waals surface area (Å²) >= 11 is 0. The summed E-state index contributed by atoms with van der Waals surface area (Å²) in [5, 5.41) is 0. The molecule has 0 aromatic carbocycles. The molecule has 0 unspecified atom stereocenters. The van der Waals surface area contributed by atoms with Crippen molar-refractivity contribution in [3.63, 3.8) is 0 Å². The minimum absolute atomic E-state index is 0.867. The Kier molecular flexibility index (Phi) is 12.4. The van der Waals surface area contributed by atoms with Crippen LogP contribution in [0.2, 0.25) is 0 Å². The fourth-order valence-electron chi connectivity index (χ4n) is 3.75. The van der Waals surface area contributed by atoms with Crippen LogP contribution in [0.15, 0.2) is 24.3 Å². The first kappa shape index (κ1) is 20.5. The van der Waals surface area contributed by atoms with Crippen molar-refractivity contribution in [1.29, 1.82) is 0 Å². The molecule has 0 spiro atoms. The van der Waals surface area contributed by atoms with Crippen molar-refractivity contribution < 1.29 is 0 Å². The molecule has 134 valence electrons. The van der Waals surface area contributed by atoms with E-state index >= 15 is 0 Å². The molecule has 23 heavy (non-hydrogen) atoms. The Morgan fingerprint density at radius 1 is 0.913 bits per heavy atom. The lowest BCUT2D eigenvalue weighted by Crippen LogP contribution is -2.03. The summed E-state index contributed by atoms with van der Waals surface area (Å²) in [4.78, 5) is 0. The fourth-order valence-corrected chi connectivity index (χ4v) is 3.75. The minimum atomic E-state index is 0.867. The van der Waals surface area contributed by atoms with Gasteiger partial charge >= 0.3 is 0 Å². The second-order valence-corrected chi connectivity index (χ2v) is 7.78. The van der Waals surface area contributed by atoms with E-state index in [1.165, 1.54) is 83.5 Å². The molecule has 0 aromatic heterocycles. The Bertz CT molecular complexity index is 312. The summed E-state index contributed by atoms with van der Waals surface area (Å²) in [6, 6.07) is 0. The van der Waals surface area contributed by atoms with Gasteiger partial charge in [-0.1, -0.05) is 83.6 Å². The highest BCUT2D eigenvalue weighted by Gasteiger charge is 2.23. The Hall–Kier alpha value is -0.520. The van der Waals surface area contributed by atoms with Crippen molar-refractivity contribution in [3.05, 3.63) is 24.3 Å². The molecule has 0 heterocycles. The summed E-state index contributed by atoms with van der Waals surface area (Å²) in [5.41, 5.74) is 0. The van der Waals surface area contributed by atoms with Gasteiger partial charge in [0, 0.05) is 0 Å². The lowest BCUT2D eigenvalue weighted by molar-refractivity contribution is 0.462. The van der Waals surface area contributed by atoms with Crippen LogP contribution >= 0.6 is 0 Å². The first-order valence-electron chi connectivity index (χ1n) is 10.6. The summed E-state index contributed by atoms with van der Waals surface area (Å²) in [5.74, 6) is 2.70. The molecule has 0 aliphatic heterocycles. The second-order valence-electron chi connectivity index (χ2n) is 7.78. The van der Waals surface area contributed by atoms with E-state index in [2.05, 4.69) is 45.1 Å². The predicted molar refractivity (Wildman–Crippen MR) is 106 cm³/mol. The number of rotatable bonds is 13. The van der Waals surface area contributed by atoms with Crippen LogP contribution in [0.3, 0.4) is 0 Å². The summed E-state index contributed by atoms with van der Waals surface area (Å²) in [6.45, 7) is 6.97. The van der Waals surface area contributed by atoms with Gasteiger partial charge in [0.25, 0.3) is 0 Å². The van der Waals surface area contributed by atoms with Gasteiger partial charge < -0.3 is 0 Å². The number of unbranched alkanes of at least 4 members (excludes halogenated alkanes) is 5. The summed E-state index contributed by atoms with van der Waals surface area (Å²) in [7, 11) is 0. The van der Waals surface area contributed by atoms with Crippen LogP contribution in [0.4, 0.5) is 0 Å². The number of allylic oxidation sites excluding steroid dienone is 4. The lowest BCUT2D eigenvalue weighted by Gasteiger charge is -2.14. The maximum Gasteiger partial charge on any atom is -0.0202 e. The van der Waals surface area contributed by atoms with Crippen LogP contribution in [0.25, 0.3) is 0 Å². The quantitative estimate of drug-likeness (QED) is 0.238. The van der Waals surface area contributed by atoms with Crippen LogP contribution in [0, 0.1) is 17.8 Å². The highest BCUT2D eigenvalue weighted by Crippen LogP contribution is 2.35. The van der Waals surface area contributed by atoms with Gasteiger partial charge in [0.05, 0.1) is 0 Å². The third-order valence-electron chi connectivity index (χ3n) is 5.70. The monoisotopic (exact) mass is 318 g/mol. The Labute approximate surface area is 146 Å². The van der Waals surface area contributed by atoms with E-state index in [4.69, 9.17) is 0 Å². The molecule has 0 nitrogen and oxygen atoms in total. The van der Waals surface area contributed by atoms with Gasteiger partial charge in [-0.15, -0.1) is 0 Å². The molecule has 3 atom stereocenters. The molecule has 1 aliphatic carbocycles. The van der Waals surface area contributed by atoms with Crippen LogP contribution in [-0.4, -0.2) is 0 Å². The van der Waals surface area contributed by atoms with Crippen LogP contribution < -0.4 is 0 Å². The highest BCUT2D eigenvalue weighted by atomic mass is 14.3. The zero-order valence-corrected chi connectivity index (χ0v) is 16.2. The van der Waals surface area contributed by atoms with Crippen molar-refractivity contribution in [3.8, 4) is 0 Å². The average molecular weight is 319 g/mol. The zero-order valence-electron chi connectivity index (χ0n) is 16.2. The van der Waals surface area contributed by atoms with E-state index in [0.717, 1.165) is 17.8 Å². The number of hydrogen-bond donors (Lipinski definition) is 0. The molecule has 0 aromatic rings. The molecule has 1 aliphatic rings. The van der Waals surface area contributed by atoms with Crippen molar-refractivity contribution in [2.24, 2.45) is 17.8 Å². The molecular formula is C23H42. The van der Waals surface area contributed by atoms with E-state index in [0.29, 0.717) is 0 Å². The minimum Gasteiger partial charge on any atom is -0.0885 e. The molecule has 1 fully saturated rings. The van der Waals surface area contributed by atoms with Crippen molar-refractivity contribution >= 4 is 0 Å². The highest BCUT2D eigenvalue weighted by molar-refractivity contribution is 4.97. The smallest absolute Gasteiger partial charge is 0.0202 e. The SMILES string of the molecule is CCCCCCC=C[C@H]1CCC[C@@H]1CC=CCCC[C@H](C)CC. The number of hydrogen-bond acceptors (Lipinski definition) is 0. The lowest BCUT2D eigenvalue weighted by atomic mass is 9.92. The van der Waals surface area contributed by atoms with Gasteiger partial charge in [0.2, 0.25) is 0 Å². The molecule has 0 saturated heterocycles. The summed E-state index contributed by atoms with van der Waals surface area (Å²) < 4.78 is 0. The molecule has 0 N–H and O–H groups in total. The maximum absolute atomic E-state index is 2.56. The molecule has 1 saturated carbocycles. The molecule has 0 amide bonds. The van der Waals surface area contributed by atoms with E-state index in [-0.39, 0.29) is 0 Å². The van der Waals surface area contributed by atoms with Crippen LogP contribution in [0.1, 0.15) is 104 Å². The van der Waals surface area contributed by atoms with Gasteiger partial charge in [0.1, 0.15) is 0 Å². The predicted octanol–water partition coefficient (Wildman–Crippen LogP) is 8.09. The largest absolute Gasteiger partial charge is 0.0885 e. The van der Waals surface area contributed by atoms with E-state index in [1.807, 2.05) is 0 Å². The third-order valence-corrected chi connectivity index (χ3v) is 5.70. The standard InChI is InChI=1S/C23H42/c1-4-6-7-8-9-13-17-22-19-15-20-23(22)18-14-11-10-12-16-21(3)5-2/h11,13-14,17,21-23H,4-10,12,15-16,18-20H2,1-3H3/t21-,22+,23+/m1/s1. The van der Waals surface area contributed by atoms with Crippen molar-refractivity contribution in [1.82, 2.24) is 0 Å². The summed E-state index contributed by atoms with van der Waals surface area (Å²) in [6.07, 6.45) is 27.8. The zero-order chi connectivity index (χ0) is 16.8. The average Bonchev–Trinajstić information content (AvgIpc) is 3.01. The van der Waals surface area contributed by atoms with Gasteiger partial charge in [-0.3, -0.25) is 0 Å². The first-order valence-corrected chi connectivity index (χ1v) is 10.6. The molecule has 0 bridgehead atoms. The Balaban J connectivity index is 2.13. The van der Waals surface area contributed by atoms with Gasteiger partial charge in [0.15, 0.2) is 0 Å². The fraction of sp³-hybridized carbons (Fsp3) is 0.826. The Morgan fingerprint density at radius 2 is 1.74 bits per heavy atom. The van der Waals surface area contributed by atoms with E-state index in [9.17, 15) is 0 Å². The third kappa shape index (κ3) is 10.0. The van der Waals surface area contributed by atoms with E-state index < -0.39 is 0 Å². The van der Waals surface area contributed by atoms with Crippen LogP contribution in [-0.2, 0) is 0 Å². The molecule has 0 heteroatoms. The second kappa shape index (κ2) is 13.9. The topological polar surface area (TPSA) is 0 Å². The maximum atomic E-state index is 2.56. The Morgan fingerprint density at radius 3 is 2.52 bits per heavy atom. The molecular weight excluding hydrogens is 276 g/mol. The van der Waals surface area contributed by atoms with E-state index in [1.54, 1.807) is 0 Å². The normalized spacial score (nSPS) is 23.3. The van der Waals surface area contributed by atoms with Gasteiger partial charge in [-0.25, -0.2) is 0 Å². The molecule has 0 radical (unpaired) electrons. The van der Waals surface area contributed by atoms with Crippen molar-refractivity contribution in [2.45, 2.75) is 104 Å². The van der Waals surface area contributed by atoms with Crippen LogP contribution in [0.5, 0.6) is 0 Å². The molecule has 1 rings (SSSR count). The van der Waals surface area contributed by atoms with Gasteiger partial charge in [-0.05, 0) is 62.7 Å².